The molecule has 1 nitrogen and oxygen atoms in total. The molecule has 2 fully saturated rings. The molecule has 2 aliphatic rings. The molecule has 0 amide bonds. The topological polar surface area (TPSA) is 9.23 Å². The number of ether oxygens (including phenoxy) is 1. The molecule has 0 heterocycles. The van der Waals surface area contributed by atoms with Crippen LogP contribution in [0.15, 0.2) is 36.9 Å². The van der Waals surface area contributed by atoms with Gasteiger partial charge in [-0.05, 0) is 79.9 Å². The zero-order valence-electron chi connectivity index (χ0n) is 16.1. The largest absolute Gasteiger partial charge is 0.490 e. The minimum Gasteiger partial charge on any atom is -0.490 e. The molecule has 0 spiro atoms. The van der Waals surface area contributed by atoms with Crippen LogP contribution in [0.4, 0.5) is 0 Å². The third kappa shape index (κ3) is 5.12. The van der Waals surface area contributed by atoms with Crippen molar-refractivity contribution in [3.63, 3.8) is 0 Å². The average molecular weight is 341 g/mol. The molecule has 0 unspecified atom stereocenters. The first kappa shape index (κ1) is 18.5. The Morgan fingerprint density at radius 2 is 1.52 bits per heavy atom. The Hall–Kier alpha value is -1.24. The third-order valence-corrected chi connectivity index (χ3v) is 6.75. The van der Waals surface area contributed by atoms with Crippen molar-refractivity contribution < 1.29 is 4.74 Å². The third-order valence-electron chi connectivity index (χ3n) is 6.75. The van der Waals surface area contributed by atoms with E-state index >= 15 is 0 Å². The number of benzene rings is 1. The highest BCUT2D eigenvalue weighted by molar-refractivity contribution is 5.29. The summed E-state index contributed by atoms with van der Waals surface area (Å²) in [5, 5.41) is 0. The fraction of sp³-hybridized carbons (Fsp3) is 0.667. The molecule has 1 aromatic rings. The predicted octanol–water partition coefficient (Wildman–Crippen LogP) is 7.13. The fourth-order valence-electron chi connectivity index (χ4n) is 5.27. The molecule has 0 N–H and O–H groups in total. The van der Waals surface area contributed by atoms with Gasteiger partial charge in [-0.1, -0.05) is 57.4 Å². The summed E-state index contributed by atoms with van der Waals surface area (Å²) in [6, 6.07) is 8.80. The number of hydrogen-bond donors (Lipinski definition) is 0. The van der Waals surface area contributed by atoms with Crippen molar-refractivity contribution in [1.82, 2.24) is 0 Å². The lowest BCUT2D eigenvalue weighted by Crippen LogP contribution is -2.25. The van der Waals surface area contributed by atoms with E-state index in [0.717, 1.165) is 29.4 Å². The molecule has 0 atom stereocenters. The van der Waals surface area contributed by atoms with Gasteiger partial charge < -0.3 is 4.74 Å². The normalized spacial score (nSPS) is 30.0. The van der Waals surface area contributed by atoms with E-state index in [9.17, 15) is 0 Å². The Morgan fingerprint density at radius 1 is 0.920 bits per heavy atom. The molecule has 1 heteroatoms. The molecule has 0 radical (unpaired) electrons. The van der Waals surface area contributed by atoms with Gasteiger partial charge in [0.05, 0.1) is 0 Å². The first-order chi connectivity index (χ1) is 12.3. The van der Waals surface area contributed by atoms with Crippen LogP contribution < -0.4 is 4.74 Å². The van der Waals surface area contributed by atoms with E-state index < -0.39 is 0 Å². The van der Waals surface area contributed by atoms with Crippen LogP contribution in [-0.2, 0) is 0 Å². The molecule has 138 valence electrons. The van der Waals surface area contributed by atoms with E-state index in [4.69, 9.17) is 4.74 Å². The van der Waals surface area contributed by atoms with Gasteiger partial charge in [-0.25, -0.2) is 0 Å². The van der Waals surface area contributed by atoms with Crippen molar-refractivity contribution >= 4 is 0 Å². The van der Waals surface area contributed by atoms with Crippen molar-refractivity contribution in [3.8, 4) is 5.75 Å². The quantitative estimate of drug-likeness (QED) is 0.480. The predicted molar refractivity (Wildman–Crippen MR) is 107 cm³/mol. The summed E-state index contributed by atoms with van der Waals surface area (Å²) in [4.78, 5) is 0. The van der Waals surface area contributed by atoms with Crippen molar-refractivity contribution in [1.29, 1.82) is 0 Å². The van der Waals surface area contributed by atoms with Gasteiger partial charge in [-0.2, -0.15) is 0 Å². The van der Waals surface area contributed by atoms with Crippen LogP contribution in [0.1, 0.15) is 82.6 Å². The Labute approximate surface area is 154 Å². The first-order valence-electron chi connectivity index (χ1n) is 10.6. The smallest absolute Gasteiger partial charge is 0.119 e. The first-order valence-corrected chi connectivity index (χ1v) is 10.6. The van der Waals surface area contributed by atoms with Gasteiger partial charge >= 0.3 is 0 Å². The van der Waals surface area contributed by atoms with Gasteiger partial charge in [0.15, 0.2) is 0 Å². The van der Waals surface area contributed by atoms with E-state index in [0.29, 0.717) is 6.61 Å². The lowest BCUT2D eigenvalue weighted by Gasteiger charge is -2.38. The van der Waals surface area contributed by atoms with E-state index in [1.54, 1.807) is 6.08 Å². The Bertz CT molecular complexity index is 501. The van der Waals surface area contributed by atoms with Crippen LogP contribution in [0.3, 0.4) is 0 Å². The average Bonchev–Trinajstić information content (AvgIpc) is 2.68. The van der Waals surface area contributed by atoms with E-state index in [1.165, 1.54) is 69.8 Å². The molecule has 0 bridgehead atoms. The zero-order chi connectivity index (χ0) is 17.5. The second-order valence-corrected chi connectivity index (χ2v) is 8.35. The highest BCUT2D eigenvalue weighted by Gasteiger charge is 2.31. The van der Waals surface area contributed by atoms with Gasteiger partial charge in [0.1, 0.15) is 12.4 Å². The highest BCUT2D eigenvalue weighted by Crippen LogP contribution is 2.44. The van der Waals surface area contributed by atoms with Crippen LogP contribution in [0.25, 0.3) is 0 Å². The van der Waals surface area contributed by atoms with E-state index in [2.05, 4.69) is 37.8 Å². The van der Waals surface area contributed by atoms with Gasteiger partial charge in [-0.3, -0.25) is 0 Å². The zero-order valence-corrected chi connectivity index (χ0v) is 16.1. The van der Waals surface area contributed by atoms with Gasteiger partial charge in [-0.15, -0.1) is 0 Å². The molecule has 0 aromatic heterocycles. The Balaban J connectivity index is 1.45. The summed E-state index contributed by atoms with van der Waals surface area (Å²) < 4.78 is 5.60. The molecule has 0 aliphatic heterocycles. The monoisotopic (exact) mass is 340 g/mol. The maximum absolute atomic E-state index is 5.60. The summed E-state index contributed by atoms with van der Waals surface area (Å²) in [6.45, 7) is 6.63. The number of hydrogen-bond acceptors (Lipinski definition) is 1. The van der Waals surface area contributed by atoms with Crippen molar-refractivity contribution in [2.75, 3.05) is 6.61 Å². The van der Waals surface area contributed by atoms with E-state index in [-0.39, 0.29) is 0 Å². The summed E-state index contributed by atoms with van der Waals surface area (Å²) in [5.41, 5.74) is 1.51. The van der Waals surface area contributed by atoms with Crippen LogP contribution in [0.5, 0.6) is 5.75 Å². The SMILES string of the molecule is C=CCOc1ccc(C2CCC(C3CCC(CCC)CC3)CC2)cc1. The second kappa shape index (κ2) is 9.46. The second-order valence-electron chi connectivity index (χ2n) is 8.35. The molecule has 25 heavy (non-hydrogen) atoms. The fourth-order valence-corrected chi connectivity index (χ4v) is 5.27. The molecule has 1 aromatic carbocycles. The molecule has 2 aliphatic carbocycles. The standard InChI is InChI=1S/C24H36O/c1-3-5-19-6-8-20(9-7-19)21-10-12-22(13-11-21)23-14-16-24(17-15-23)25-18-4-2/h4,14-17,19-22H,2-3,5-13,18H2,1H3. The summed E-state index contributed by atoms with van der Waals surface area (Å²) in [7, 11) is 0. The molecule has 3 rings (SSSR count). The maximum atomic E-state index is 5.60. The molecule has 2 saturated carbocycles. The summed E-state index contributed by atoms with van der Waals surface area (Å²) >= 11 is 0. The van der Waals surface area contributed by atoms with Gasteiger partial charge in [0.2, 0.25) is 0 Å². The Kier molecular flexibility index (Phi) is 7.02. The minimum absolute atomic E-state index is 0.588. The van der Waals surface area contributed by atoms with Crippen LogP contribution in [-0.4, -0.2) is 6.61 Å². The van der Waals surface area contributed by atoms with Crippen molar-refractivity contribution in [3.05, 3.63) is 42.5 Å². The van der Waals surface area contributed by atoms with Gasteiger partial charge in [0.25, 0.3) is 0 Å². The lowest BCUT2D eigenvalue weighted by molar-refractivity contribution is 0.156. The van der Waals surface area contributed by atoms with Crippen molar-refractivity contribution in [2.45, 2.75) is 77.0 Å². The highest BCUT2D eigenvalue weighted by atomic mass is 16.5. The van der Waals surface area contributed by atoms with Gasteiger partial charge in [0, 0.05) is 0 Å². The van der Waals surface area contributed by atoms with Crippen LogP contribution >= 0.6 is 0 Å². The molecular weight excluding hydrogens is 304 g/mol. The van der Waals surface area contributed by atoms with Crippen LogP contribution in [0.2, 0.25) is 0 Å². The summed E-state index contributed by atoms with van der Waals surface area (Å²) in [5.74, 6) is 4.81. The molecule has 0 saturated heterocycles. The molecular formula is C24H36O. The lowest BCUT2D eigenvalue weighted by atomic mass is 9.68. The summed E-state index contributed by atoms with van der Waals surface area (Å²) in [6.07, 6.45) is 16.3. The Morgan fingerprint density at radius 3 is 2.08 bits per heavy atom. The van der Waals surface area contributed by atoms with Crippen molar-refractivity contribution in [2.24, 2.45) is 17.8 Å². The van der Waals surface area contributed by atoms with E-state index in [1.807, 2.05) is 0 Å². The number of rotatable bonds is 7. The van der Waals surface area contributed by atoms with Crippen LogP contribution in [0, 0.1) is 17.8 Å². The maximum Gasteiger partial charge on any atom is 0.119 e. The minimum atomic E-state index is 0.588.